The molecule has 1 aliphatic heterocycles. The lowest BCUT2D eigenvalue weighted by Crippen LogP contribution is -2.35. The van der Waals surface area contributed by atoms with Gasteiger partial charge in [0.25, 0.3) is 5.92 Å². The van der Waals surface area contributed by atoms with Gasteiger partial charge in [0.15, 0.2) is 5.78 Å². The highest BCUT2D eigenvalue weighted by Gasteiger charge is 2.50. The number of carbonyl (C=O) groups is 2. The first-order valence-electron chi connectivity index (χ1n) is 9.38. The summed E-state index contributed by atoms with van der Waals surface area (Å²) in [6.07, 6.45) is 1.03. The fourth-order valence-electron chi connectivity index (χ4n) is 3.59. The maximum atomic E-state index is 13.5. The van der Waals surface area contributed by atoms with Gasteiger partial charge in [0.1, 0.15) is 6.42 Å². The van der Waals surface area contributed by atoms with Gasteiger partial charge in [-0.25, -0.2) is 15.4 Å². The minimum Gasteiger partial charge on any atom is -0.294 e. The third-order valence-electron chi connectivity index (χ3n) is 5.20. The van der Waals surface area contributed by atoms with E-state index in [1.165, 1.54) is 6.20 Å². The molecule has 2 aromatic rings. The summed E-state index contributed by atoms with van der Waals surface area (Å²) in [6, 6.07) is 11.3. The van der Waals surface area contributed by atoms with Crippen molar-refractivity contribution in [3.05, 3.63) is 76.9 Å². The van der Waals surface area contributed by atoms with Crippen LogP contribution in [0.15, 0.2) is 48.8 Å². The average Bonchev–Trinajstić information content (AvgIpc) is 3.06. The number of ketones is 1. The van der Waals surface area contributed by atoms with Crippen molar-refractivity contribution in [3.8, 4) is 0 Å². The van der Waals surface area contributed by atoms with E-state index < -0.39 is 31.0 Å². The largest absolute Gasteiger partial charge is 0.306 e. The normalized spacial score (nSPS) is 18.8. The number of hydrogen-bond donors (Lipinski definition) is 0. The van der Waals surface area contributed by atoms with Crippen LogP contribution in [0.3, 0.4) is 0 Å². The number of halogens is 2. The molecule has 2 atom stereocenters. The van der Waals surface area contributed by atoms with Crippen LogP contribution >= 0.6 is 0 Å². The Hall–Kier alpha value is -3.14. The SMILES string of the molecule is [C-]#[N+][C@@H]1CC(F)(F)CN1C(=O)CCC(=O)c1ccncc1C(C)c1ccccc1. The van der Waals surface area contributed by atoms with Crippen molar-refractivity contribution in [3.63, 3.8) is 0 Å². The number of hydrogen-bond acceptors (Lipinski definition) is 3. The Morgan fingerprint density at radius 2 is 2.00 bits per heavy atom. The van der Waals surface area contributed by atoms with Crippen LogP contribution in [-0.4, -0.2) is 40.2 Å². The molecule has 1 amide bonds. The van der Waals surface area contributed by atoms with Crippen LogP contribution in [0.2, 0.25) is 0 Å². The highest BCUT2D eigenvalue weighted by molar-refractivity contribution is 5.99. The van der Waals surface area contributed by atoms with E-state index in [1.54, 1.807) is 12.3 Å². The van der Waals surface area contributed by atoms with Crippen molar-refractivity contribution in [2.75, 3.05) is 6.54 Å². The average molecular weight is 397 g/mol. The molecule has 0 aliphatic carbocycles. The summed E-state index contributed by atoms with van der Waals surface area (Å²) < 4.78 is 27.1. The van der Waals surface area contributed by atoms with Crippen molar-refractivity contribution >= 4 is 11.7 Å². The Balaban J connectivity index is 1.71. The van der Waals surface area contributed by atoms with Crippen molar-refractivity contribution in [2.45, 2.75) is 44.2 Å². The minimum absolute atomic E-state index is 0.0664. The molecule has 3 rings (SSSR count). The number of carbonyl (C=O) groups excluding carboxylic acids is 2. The molecule has 29 heavy (non-hydrogen) atoms. The van der Waals surface area contributed by atoms with Gasteiger partial charge in [0, 0.05) is 36.7 Å². The van der Waals surface area contributed by atoms with Crippen LogP contribution in [0, 0.1) is 6.57 Å². The molecule has 150 valence electrons. The van der Waals surface area contributed by atoms with Gasteiger partial charge in [-0.05, 0) is 17.2 Å². The zero-order chi connectivity index (χ0) is 21.0. The summed E-state index contributed by atoms with van der Waals surface area (Å²) in [7, 11) is 0. The lowest BCUT2D eigenvalue weighted by molar-refractivity contribution is -0.132. The predicted molar refractivity (Wildman–Crippen MR) is 103 cm³/mol. The lowest BCUT2D eigenvalue weighted by Gasteiger charge is -2.17. The number of likely N-dealkylation sites (tertiary alicyclic amines) is 1. The van der Waals surface area contributed by atoms with Crippen molar-refractivity contribution in [2.24, 2.45) is 0 Å². The van der Waals surface area contributed by atoms with E-state index in [0.717, 1.165) is 16.0 Å². The van der Waals surface area contributed by atoms with Gasteiger partial charge in [-0.1, -0.05) is 37.3 Å². The summed E-state index contributed by atoms with van der Waals surface area (Å²) in [5, 5.41) is 0. The molecule has 2 heterocycles. The molecular weight excluding hydrogens is 376 g/mol. The van der Waals surface area contributed by atoms with Gasteiger partial charge in [0.05, 0.1) is 6.54 Å². The Labute approximate surface area is 168 Å². The van der Waals surface area contributed by atoms with Crippen molar-refractivity contribution in [1.29, 1.82) is 0 Å². The van der Waals surface area contributed by atoms with Crippen LogP contribution < -0.4 is 0 Å². The van der Waals surface area contributed by atoms with Gasteiger partial charge in [-0.2, -0.15) is 0 Å². The van der Waals surface area contributed by atoms with E-state index in [9.17, 15) is 18.4 Å². The zero-order valence-electron chi connectivity index (χ0n) is 16.0. The molecule has 0 N–H and O–H groups in total. The molecule has 1 unspecified atom stereocenters. The zero-order valence-corrected chi connectivity index (χ0v) is 16.0. The fraction of sp³-hybridized carbons (Fsp3) is 0.364. The molecule has 0 spiro atoms. The fourth-order valence-corrected chi connectivity index (χ4v) is 3.59. The van der Waals surface area contributed by atoms with E-state index in [2.05, 4.69) is 9.83 Å². The van der Waals surface area contributed by atoms with E-state index >= 15 is 0 Å². The third kappa shape index (κ3) is 4.65. The van der Waals surface area contributed by atoms with Gasteiger partial charge in [0.2, 0.25) is 5.91 Å². The number of amides is 1. The lowest BCUT2D eigenvalue weighted by atomic mass is 9.89. The molecule has 0 saturated carbocycles. The molecule has 0 radical (unpaired) electrons. The molecule has 1 aromatic heterocycles. The van der Waals surface area contributed by atoms with Gasteiger partial charge in [-0.15, -0.1) is 0 Å². The number of aromatic nitrogens is 1. The second kappa shape index (κ2) is 8.48. The molecule has 1 saturated heterocycles. The number of pyridine rings is 1. The number of benzene rings is 1. The maximum Gasteiger partial charge on any atom is 0.306 e. The number of rotatable bonds is 6. The maximum absolute atomic E-state index is 13.5. The molecule has 5 nitrogen and oxygen atoms in total. The Morgan fingerprint density at radius 3 is 2.69 bits per heavy atom. The Kier molecular flexibility index (Phi) is 6.02. The summed E-state index contributed by atoms with van der Waals surface area (Å²) in [4.78, 5) is 33.3. The van der Waals surface area contributed by atoms with E-state index in [4.69, 9.17) is 6.57 Å². The highest BCUT2D eigenvalue weighted by Crippen LogP contribution is 2.33. The number of nitrogens with zero attached hydrogens (tertiary/aromatic N) is 3. The number of Topliss-reactive ketones (excluding diaryl/α,β-unsaturated/α-hetero) is 1. The number of alkyl halides is 2. The second-order valence-electron chi connectivity index (χ2n) is 7.21. The van der Waals surface area contributed by atoms with Crippen molar-refractivity contribution < 1.29 is 18.4 Å². The topological polar surface area (TPSA) is 54.6 Å². The van der Waals surface area contributed by atoms with Crippen LogP contribution in [0.1, 0.15) is 53.6 Å². The van der Waals surface area contributed by atoms with Gasteiger partial charge < -0.3 is 0 Å². The van der Waals surface area contributed by atoms with Crippen LogP contribution in [0.25, 0.3) is 4.85 Å². The van der Waals surface area contributed by atoms with Crippen LogP contribution in [0.4, 0.5) is 8.78 Å². The van der Waals surface area contributed by atoms with Crippen LogP contribution in [0.5, 0.6) is 0 Å². The first-order valence-corrected chi connectivity index (χ1v) is 9.38. The molecule has 7 heteroatoms. The summed E-state index contributed by atoms with van der Waals surface area (Å²) in [6.45, 7) is 8.24. The smallest absolute Gasteiger partial charge is 0.294 e. The molecular formula is C22H21F2N3O2. The first-order chi connectivity index (χ1) is 13.8. The van der Waals surface area contributed by atoms with E-state index in [-0.39, 0.29) is 24.5 Å². The molecule has 1 fully saturated rings. The Morgan fingerprint density at radius 1 is 1.28 bits per heavy atom. The predicted octanol–water partition coefficient (Wildman–Crippen LogP) is 4.31. The van der Waals surface area contributed by atoms with Gasteiger partial charge in [-0.3, -0.25) is 24.3 Å². The quantitative estimate of drug-likeness (QED) is 0.539. The summed E-state index contributed by atoms with van der Waals surface area (Å²) in [5.74, 6) is -3.96. The summed E-state index contributed by atoms with van der Waals surface area (Å²) >= 11 is 0. The van der Waals surface area contributed by atoms with Crippen LogP contribution in [-0.2, 0) is 4.79 Å². The highest BCUT2D eigenvalue weighted by atomic mass is 19.3. The minimum atomic E-state index is -3.06. The van der Waals surface area contributed by atoms with E-state index in [0.29, 0.717) is 5.56 Å². The standard InChI is InChI=1S/C22H21F2N3O2/c1-15(16-6-4-3-5-7-16)18-13-26-11-10-17(18)19(28)8-9-21(29)27-14-22(23,24)12-20(27)25-2/h3-7,10-11,13,15,20H,8-9,12,14H2,1H3/t15?,20-/m0/s1. The van der Waals surface area contributed by atoms with E-state index in [1.807, 2.05) is 37.3 Å². The van der Waals surface area contributed by atoms with Gasteiger partial charge >= 0.3 is 6.17 Å². The molecule has 1 aliphatic rings. The molecule has 0 bridgehead atoms. The monoisotopic (exact) mass is 397 g/mol. The van der Waals surface area contributed by atoms with Crippen molar-refractivity contribution in [1.82, 2.24) is 9.88 Å². The Bertz CT molecular complexity index is 941. The first kappa shape index (κ1) is 20.6. The second-order valence-corrected chi connectivity index (χ2v) is 7.21. The molecule has 1 aromatic carbocycles. The summed E-state index contributed by atoms with van der Waals surface area (Å²) in [5.41, 5.74) is 2.25. The third-order valence-corrected chi connectivity index (χ3v) is 5.20.